The molecule has 0 saturated carbocycles. The first-order chi connectivity index (χ1) is 13.3. The van der Waals surface area contributed by atoms with Crippen LogP contribution in [0.1, 0.15) is 5.56 Å². The van der Waals surface area contributed by atoms with Gasteiger partial charge >= 0.3 is 6.18 Å². The van der Waals surface area contributed by atoms with Crippen LogP contribution in [-0.2, 0) is 6.18 Å². The molecule has 0 amide bonds. The Bertz CT molecular complexity index is 780. The van der Waals surface area contributed by atoms with E-state index < -0.39 is 17.8 Å². The Morgan fingerprint density at radius 1 is 1.04 bits per heavy atom. The van der Waals surface area contributed by atoms with E-state index in [-0.39, 0.29) is 6.61 Å². The van der Waals surface area contributed by atoms with Gasteiger partial charge in [0.2, 0.25) is 0 Å². The zero-order chi connectivity index (χ0) is 20.1. The fourth-order valence-corrected chi connectivity index (χ4v) is 3.57. The molecule has 4 nitrogen and oxygen atoms in total. The summed E-state index contributed by atoms with van der Waals surface area (Å²) >= 11 is 3.40. The van der Waals surface area contributed by atoms with Crippen molar-refractivity contribution in [1.29, 1.82) is 0 Å². The summed E-state index contributed by atoms with van der Waals surface area (Å²) in [5.41, 5.74) is -0.0562. The summed E-state index contributed by atoms with van der Waals surface area (Å²) in [6.07, 6.45) is -4.98. The average Bonchev–Trinajstić information content (AvgIpc) is 2.67. The first kappa shape index (κ1) is 21.0. The largest absolute Gasteiger partial charge is 0.490 e. The van der Waals surface area contributed by atoms with E-state index in [1.165, 1.54) is 12.1 Å². The lowest BCUT2D eigenvalue weighted by molar-refractivity contribution is -0.137. The smallest absolute Gasteiger partial charge is 0.416 e. The molecule has 1 unspecified atom stereocenters. The van der Waals surface area contributed by atoms with Crippen LogP contribution in [0.2, 0.25) is 0 Å². The quantitative estimate of drug-likeness (QED) is 0.708. The average molecular weight is 459 g/mol. The molecule has 1 heterocycles. The van der Waals surface area contributed by atoms with Gasteiger partial charge in [-0.25, -0.2) is 0 Å². The molecule has 0 radical (unpaired) electrons. The fourth-order valence-electron chi connectivity index (χ4n) is 3.17. The number of nitrogens with zero attached hydrogens (tertiary/aromatic N) is 2. The SMILES string of the molecule is OC(COc1ccccc1Br)CN1CCN(c2cccc(C(F)(F)F)c2)CC1. The zero-order valence-electron chi connectivity index (χ0n) is 15.2. The Morgan fingerprint density at radius 3 is 2.43 bits per heavy atom. The Kier molecular flexibility index (Phi) is 6.85. The number of aliphatic hydroxyl groups is 1. The van der Waals surface area contributed by atoms with Gasteiger partial charge in [-0.1, -0.05) is 18.2 Å². The first-order valence-corrected chi connectivity index (χ1v) is 9.82. The molecule has 28 heavy (non-hydrogen) atoms. The third-order valence-corrected chi connectivity index (χ3v) is 5.30. The number of ether oxygens (including phenoxy) is 1. The molecule has 1 aliphatic heterocycles. The maximum Gasteiger partial charge on any atom is 0.416 e. The van der Waals surface area contributed by atoms with Gasteiger partial charge in [0, 0.05) is 38.4 Å². The van der Waals surface area contributed by atoms with Crippen LogP contribution in [0.5, 0.6) is 5.75 Å². The lowest BCUT2D eigenvalue weighted by atomic mass is 10.1. The second-order valence-corrected chi connectivity index (χ2v) is 7.59. The van der Waals surface area contributed by atoms with E-state index in [0.717, 1.165) is 10.5 Å². The predicted molar refractivity (Wildman–Crippen MR) is 106 cm³/mol. The Morgan fingerprint density at radius 2 is 1.75 bits per heavy atom. The van der Waals surface area contributed by atoms with Crippen molar-refractivity contribution in [2.75, 3.05) is 44.2 Å². The van der Waals surface area contributed by atoms with Crippen LogP contribution < -0.4 is 9.64 Å². The molecule has 0 aliphatic carbocycles. The van der Waals surface area contributed by atoms with Gasteiger partial charge < -0.3 is 14.7 Å². The normalized spacial score (nSPS) is 16.8. The number of alkyl halides is 3. The highest BCUT2D eigenvalue weighted by Gasteiger charge is 2.31. The number of halogens is 4. The number of anilines is 1. The van der Waals surface area contributed by atoms with E-state index in [0.29, 0.717) is 44.2 Å². The molecule has 1 atom stereocenters. The van der Waals surface area contributed by atoms with Gasteiger partial charge in [0.15, 0.2) is 0 Å². The number of hydrogen-bond acceptors (Lipinski definition) is 4. The standard InChI is InChI=1S/C20H22BrF3N2O2/c21-18-6-1-2-7-19(18)28-14-17(27)13-25-8-10-26(11-9-25)16-5-3-4-15(12-16)20(22,23)24/h1-7,12,17,27H,8-11,13-14H2. The summed E-state index contributed by atoms with van der Waals surface area (Å²) in [5, 5.41) is 10.2. The molecular formula is C20H22BrF3N2O2. The maximum absolute atomic E-state index is 12.9. The maximum atomic E-state index is 12.9. The van der Waals surface area contributed by atoms with Crippen molar-refractivity contribution in [1.82, 2.24) is 4.90 Å². The van der Waals surface area contributed by atoms with Crippen LogP contribution in [-0.4, -0.2) is 55.4 Å². The summed E-state index contributed by atoms with van der Waals surface area (Å²) in [6.45, 7) is 3.19. The van der Waals surface area contributed by atoms with E-state index in [2.05, 4.69) is 20.8 Å². The molecule has 8 heteroatoms. The van der Waals surface area contributed by atoms with Crippen LogP contribution >= 0.6 is 15.9 Å². The van der Waals surface area contributed by atoms with Crippen LogP contribution in [0.4, 0.5) is 18.9 Å². The number of rotatable bonds is 6. The minimum absolute atomic E-state index is 0.177. The van der Waals surface area contributed by atoms with E-state index in [4.69, 9.17) is 4.74 Å². The van der Waals surface area contributed by atoms with Gasteiger partial charge in [0.1, 0.15) is 18.5 Å². The molecule has 152 valence electrons. The van der Waals surface area contributed by atoms with Gasteiger partial charge in [0.05, 0.1) is 10.0 Å². The Hall–Kier alpha value is -1.77. The molecule has 2 aromatic rings. The van der Waals surface area contributed by atoms with Crippen molar-refractivity contribution in [2.24, 2.45) is 0 Å². The van der Waals surface area contributed by atoms with Crippen LogP contribution in [0.25, 0.3) is 0 Å². The summed E-state index contributed by atoms with van der Waals surface area (Å²) < 4.78 is 45.1. The van der Waals surface area contributed by atoms with Crippen molar-refractivity contribution in [3.63, 3.8) is 0 Å². The lowest BCUT2D eigenvalue weighted by Gasteiger charge is -2.37. The van der Waals surface area contributed by atoms with Gasteiger partial charge in [-0.05, 0) is 46.3 Å². The zero-order valence-corrected chi connectivity index (χ0v) is 16.8. The summed E-state index contributed by atoms with van der Waals surface area (Å²) in [7, 11) is 0. The van der Waals surface area contributed by atoms with Crippen LogP contribution in [0.3, 0.4) is 0 Å². The Balaban J connectivity index is 1.47. The van der Waals surface area contributed by atoms with Crippen LogP contribution in [0, 0.1) is 0 Å². The molecule has 1 saturated heterocycles. The highest BCUT2D eigenvalue weighted by Crippen LogP contribution is 2.32. The monoisotopic (exact) mass is 458 g/mol. The minimum Gasteiger partial charge on any atom is -0.490 e. The second kappa shape index (κ2) is 9.15. The van der Waals surface area contributed by atoms with Crippen molar-refractivity contribution < 1.29 is 23.0 Å². The van der Waals surface area contributed by atoms with Crippen molar-refractivity contribution in [2.45, 2.75) is 12.3 Å². The number of aliphatic hydroxyl groups excluding tert-OH is 1. The first-order valence-electron chi connectivity index (χ1n) is 9.03. The molecule has 0 bridgehead atoms. The van der Waals surface area contributed by atoms with Crippen molar-refractivity contribution in [3.05, 3.63) is 58.6 Å². The minimum atomic E-state index is -4.34. The topological polar surface area (TPSA) is 35.9 Å². The molecule has 0 aromatic heterocycles. The molecule has 1 fully saturated rings. The van der Waals surface area contributed by atoms with Gasteiger partial charge in [-0.3, -0.25) is 4.90 Å². The molecule has 3 rings (SSSR count). The second-order valence-electron chi connectivity index (χ2n) is 6.73. The molecule has 1 aliphatic rings. The number of para-hydroxylation sites is 1. The van der Waals surface area contributed by atoms with Crippen molar-refractivity contribution >= 4 is 21.6 Å². The number of β-amino-alcohol motifs (C(OH)–C–C–N with tert-alkyl or cyclic N) is 1. The van der Waals surface area contributed by atoms with Gasteiger partial charge in [-0.2, -0.15) is 13.2 Å². The highest BCUT2D eigenvalue weighted by molar-refractivity contribution is 9.10. The van der Waals surface area contributed by atoms with Gasteiger partial charge in [0.25, 0.3) is 0 Å². The molecule has 2 aromatic carbocycles. The molecule has 1 N–H and O–H groups in total. The summed E-state index contributed by atoms with van der Waals surface area (Å²) in [4.78, 5) is 4.04. The van der Waals surface area contributed by atoms with E-state index in [9.17, 15) is 18.3 Å². The summed E-state index contributed by atoms with van der Waals surface area (Å²) in [6, 6.07) is 12.9. The number of piperazine rings is 1. The third-order valence-electron chi connectivity index (χ3n) is 4.65. The molecule has 0 spiro atoms. The predicted octanol–water partition coefficient (Wildman–Crippen LogP) is 4.03. The third kappa shape index (κ3) is 5.62. The lowest BCUT2D eigenvalue weighted by Crippen LogP contribution is -2.49. The number of benzene rings is 2. The van der Waals surface area contributed by atoms with Crippen molar-refractivity contribution in [3.8, 4) is 5.75 Å². The number of hydrogen-bond donors (Lipinski definition) is 1. The summed E-state index contributed by atoms with van der Waals surface area (Å²) in [5.74, 6) is 0.677. The highest BCUT2D eigenvalue weighted by atomic mass is 79.9. The van der Waals surface area contributed by atoms with Crippen LogP contribution in [0.15, 0.2) is 53.0 Å². The molecular weight excluding hydrogens is 437 g/mol. The Labute approximate surface area is 170 Å². The van der Waals surface area contributed by atoms with E-state index in [1.54, 1.807) is 6.07 Å². The van der Waals surface area contributed by atoms with E-state index >= 15 is 0 Å². The van der Waals surface area contributed by atoms with Gasteiger partial charge in [-0.15, -0.1) is 0 Å². The van der Waals surface area contributed by atoms with E-state index in [1.807, 2.05) is 29.2 Å². The fraction of sp³-hybridized carbons (Fsp3) is 0.400.